The highest BCUT2D eigenvalue weighted by atomic mass is 16.3. The third-order valence-corrected chi connectivity index (χ3v) is 4.00. The lowest BCUT2D eigenvalue weighted by molar-refractivity contribution is -0.138. The van der Waals surface area contributed by atoms with Gasteiger partial charge in [0, 0.05) is 6.54 Å². The Bertz CT molecular complexity index is 446. The first-order valence-corrected chi connectivity index (χ1v) is 7.63. The quantitative estimate of drug-likeness (QED) is 0.838. The maximum Gasteiger partial charge on any atom is 0.171 e. The van der Waals surface area contributed by atoms with Gasteiger partial charge in [-0.3, -0.25) is 4.79 Å². The number of aliphatic hydroxyl groups is 1. The summed E-state index contributed by atoms with van der Waals surface area (Å²) in [4.78, 5) is 16.6. The molecule has 0 saturated heterocycles. The monoisotopic (exact) mass is 279 g/mol. The van der Waals surface area contributed by atoms with E-state index in [0.29, 0.717) is 24.6 Å². The number of ketones is 1. The first kappa shape index (κ1) is 15.2. The first-order valence-electron chi connectivity index (χ1n) is 7.63. The van der Waals surface area contributed by atoms with E-state index in [0.717, 1.165) is 32.2 Å². The van der Waals surface area contributed by atoms with Crippen molar-refractivity contribution in [3.63, 3.8) is 0 Å². The van der Waals surface area contributed by atoms with Gasteiger partial charge in [0.15, 0.2) is 5.78 Å². The van der Waals surface area contributed by atoms with E-state index in [1.807, 2.05) is 0 Å². The van der Waals surface area contributed by atoms with Crippen LogP contribution in [0.5, 0.6) is 0 Å². The molecule has 1 aromatic rings. The molecule has 1 aromatic heterocycles. The number of carbonyl (C=O) groups is 1. The molecule has 0 amide bonds. The van der Waals surface area contributed by atoms with Crippen LogP contribution in [0.2, 0.25) is 0 Å². The van der Waals surface area contributed by atoms with Crippen LogP contribution in [0.4, 0.5) is 0 Å². The van der Waals surface area contributed by atoms with Crippen molar-refractivity contribution in [2.75, 3.05) is 0 Å². The highest BCUT2D eigenvalue weighted by molar-refractivity contribution is 5.88. The van der Waals surface area contributed by atoms with Gasteiger partial charge in [0.25, 0.3) is 0 Å². The summed E-state index contributed by atoms with van der Waals surface area (Å²) < 4.78 is 1.78. The second-order valence-corrected chi connectivity index (χ2v) is 6.30. The van der Waals surface area contributed by atoms with Gasteiger partial charge in [-0.2, -0.15) is 5.10 Å². The van der Waals surface area contributed by atoms with Crippen molar-refractivity contribution in [1.29, 1.82) is 0 Å². The zero-order valence-corrected chi connectivity index (χ0v) is 12.5. The summed E-state index contributed by atoms with van der Waals surface area (Å²) in [5.41, 5.74) is -1.15. The predicted octanol–water partition coefficient (Wildman–Crippen LogP) is 2.13. The summed E-state index contributed by atoms with van der Waals surface area (Å²) in [5.74, 6) is 1.02. The van der Waals surface area contributed by atoms with E-state index in [1.54, 1.807) is 4.68 Å². The Morgan fingerprint density at radius 3 is 2.60 bits per heavy atom. The number of aromatic nitrogens is 3. The number of nitrogens with zero attached hydrogens (tertiary/aromatic N) is 3. The van der Waals surface area contributed by atoms with Gasteiger partial charge < -0.3 is 5.11 Å². The van der Waals surface area contributed by atoms with Crippen LogP contribution in [0.1, 0.15) is 58.2 Å². The van der Waals surface area contributed by atoms with Crippen molar-refractivity contribution in [3.05, 3.63) is 12.2 Å². The lowest BCUT2D eigenvalue weighted by Crippen LogP contribution is -2.39. The average Bonchev–Trinajstić information content (AvgIpc) is 2.67. The Hall–Kier alpha value is -1.23. The fourth-order valence-electron chi connectivity index (χ4n) is 2.82. The minimum atomic E-state index is -1.15. The van der Waals surface area contributed by atoms with Gasteiger partial charge in [-0.25, -0.2) is 9.67 Å². The molecule has 112 valence electrons. The van der Waals surface area contributed by atoms with Crippen LogP contribution >= 0.6 is 0 Å². The molecule has 0 unspecified atom stereocenters. The van der Waals surface area contributed by atoms with E-state index in [2.05, 4.69) is 23.9 Å². The molecule has 1 aliphatic rings. The Labute approximate surface area is 120 Å². The predicted molar refractivity (Wildman–Crippen MR) is 76.2 cm³/mol. The summed E-state index contributed by atoms with van der Waals surface area (Å²) in [6, 6.07) is 0. The molecule has 0 spiro atoms. The molecule has 5 heteroatoms. The third-order valence-electron chi connectivity index (χ3n) is 4.00. The van der Waals surface area contributed by atoms with Gasteiger partial charge in [-0.05, 0) is 18.8 Å². The lowest BCUT2D eigenvalue weighted by Gasteiger charge is -2.24. The minimum absolute atomic E-state index is 0.0996. The van der Waals surface area contributed by atoms with Crippen LogP contribution in [0.3, 0.4) is 0 Å². The molecule has 1 saturated carbocycles. The minimum Gasteiger partial charge on any atom is -0.382 e. The maximum atomic E-state index is 12.4. The normalized spacial score (nSPS) is 19.0. The van der Waals surface area contributed by atoms with E-state index < -0.39 is 5.60 Å². The molecule has 1 fully saturated rings. The van der Waals surface area contributed by atoms with Gasteiger partial charge in [0.2, 0.25) is 0 Å². The molecule has 0 radical (unpaired) electrons. The van der Waals surface area contributed by atoms with Crippen LogP contribution in [-0.4, -0.2) is 31.3 Å². The zero-order valence-electron chi connectivity index (χ0n) is 12.5. The van der Waals surface area contributed by atoms with Crippen molar-refractivity contribution in [3.8, 4) is 0 Å². The Kier molecular flexibility index (Phi) is 4.91. The van der Waals surface area contributed by atoms with Crippen LogP contribution < -0.4 is 0 Å². The van der Waals surface area contributed by atoms with E-state index in [1.165, 1.54) is 6.33 Å². The van der Waals surface area contributed by atoms with Gasteiger partial charge in [0.1, 0.15) is 17.8 Å². The van der Waals surface area contributed by atoms with E-state index in [-0.39, 0.29) is 12.2 Å². The van der Waals surface area contributed by atoms with E-state index >= 15 is 0 Å². The fourth-order valence-corrected chi connectivity index (χ4v) is 2.82. The van der Waals surface area contributed by atoms with Crippen molar-refractivity contribution >= 4 is 5.78 Å². The maximum absolute atomic E-state index is 12.4. The van der Waals surface area contributed by atoms with E-state index in [9.17, 15) is 9.90 Å². The number of hydrogen-bond donors (Lipinski definition) is 1. The Morgan fingerprint density at radius 1 is 1.35 bits per heavy atom. The summed E-state index contributed by atoms with van der Waals surface area (Å²) in [5, 5.41) is 14.8. The summed E-state index contributed by atoms with van der Waals surface area (Å²) >= 11 is 0. The molecular formula is C15H25N3O2. The van der Waals surface area contributed by atoms with Crippen LogP contribution in [0.25, 0.3) is 0 Å². The summed E-state index contributed by atoms with van der Waals surface area (Å²) in [7, 11) is 0. The zero-order chi connectivity index (χ0) is 14.6. The van der Waals surface area contributed by atoms with Crippen LogP contribution in [0.15, 0.2) is 6.33 Å². The van der Waals surface area contributed by atoms with Crippen molar-refractivity contribution in [1.82, 2.24) is 14.8 Å². The van der Waals surface area contributed by atoms with Crippen molar-refractivity contribution < 1.29 is 9.90 Å². The van der Waals surface area contributed by atoms with Gasteiger partial charge in [-0.1, -0.05) is 39.5 Å². The molecule has 5 nitrogen and oxygen atoms in total. The molecule has 0 aromatic carbocycles. The molecule has 1 N–H and O–H groups in total. The standard InChI is InChI=1S/C15H25N3O2/c1-12(2)10-18-14(16-11-17-18)9-13(19)15(20)7-5-3-4-6-8-15/h11-12,20H,3-10H2,1-2H3. The summed E-state index contributed by atoms with van der Waals surface area (Å²) in [6.07, 6.45) is 6.93. The van der Waals surface area contributed by atoms with Gasteiger partial charge in [0.05, 0.1) is 6.42 Å². The molecule has 0 aliphatic heterocycles. The third kappa shape index (κ3) is 3.66. The Balaban J connectivity index is 2.05. The molecule has 1 aliphatic carbocycles. The van der Waals surface area contributed by atoms with Gasteiger partial charge in [-0.15, -0.1) is 0 Å². The molecule has 0 bridgehead atoms. The smallest absolute Gasteiger partial charge is 0.171 e. The largest absolute Gasteiger partial charge is 0.382 e. The second kappa shape index (κ2) is 6.48. The molecule has 2 rings (SSSR count). The number of carbonyl (C=O) groups excluding carboxylic acids is 1. The van der Waals surface area contributed by atoms with E-state index in [4.69, 9.17) is 0 Å². The second-order valence-electron chi connectivity index (χ2n) is 6.30. The first-order chi connectivity index (χ1) is 9.51. The van der Waals surface area contributed by atoms with Crippen molar-refractivity contribution in [2.24, 2.45) is 5.92 Å². The topological polar surface area (TPSA) is 68.0 Å². The molecule has 1 heterocycles. The Morgan fingerprint density at radius 2 is 2.00 bits per heavy atom. The lowest BCUT2D eigenvalue weighted by atomic mass is 9.88. The van der Waals surface area contributed by atoms with Crippen LogP contribution in [0, 0.1) is 5.92 Å². The highest BCUT2D eigenvalue weighted by Gasteiger charge is 2.36. The van der Waals surface area contributed by atoms with Crippen LogP contribution in [-0.2, 0) is 17.8 Å². The molecule has 20 heavy (non-hydrogen) atoms. The SMILES string of the molecule is CC(C)Cn1ncnc1CC(=O)C1(O)CCCCCC1. The highest BCUT2D eigenvalue weighted by Crippen LogP contribution is 2.28. The fraction of sp³-hybridized carbons (Fsp3) is 0.800. The van der Waals surface area contributed by atoms with Crippen molar-refractivity contribution in [2.45, 2.75) is 70.9 Å². The molecule has 0 atom stereocenters. The number of rotatable bonds is 5. The summed E-state index contributed by atoms with van der Waals surface area (Å²) in [6.45, 7) is 4.96. The molecular weight excluding hydrogens is 254 g/mol. The number of Topliss-reactive ketones (excluding diaryl/α,β-unsaturated/α-hetero) is 1. The average molecular weight is 279 g/mol. The number of hydrogen-bond acceptors (Lipinski definition) is 4. The van der Waals surface area contributed by atoms with Gasteiger partial charge >= 0.3 is 0 Å².